The molecular weight excluding hydrogens is 502 g/mol. The quantitative estimate of drug-likeness (QED) is 0.421. The van der Waals surface area contributed by atoms with Gasteiger partial charge in [-0.15, -0.1) is 0 Å². The van der Waals surface area contributed by atoms with Gasteiger partial charge in [-0.05, 0) is 82.3 Å². The standard InChI is InChI=1S/C29H43N3O5S/c1-9-25(28(34)30-29(4,5)6)31(20-23-12-10-13-24(19-23)37-7)27(33)14-11-17-32(38(8,35)36)26-18-21(2)15-16-22(26)3/h10,12-13,15-16,18-19,25H,9,11,14,17,20H2,1-8H3,(H,30,34)/t25-/m1/s1. The lowest BCUT2D eigenvalue weighted by Gasteiger charge is -2.33. The minimum atomic E-state index is -3.56. The number of ether oxygens (including phenoxy) is 1. The number of methoxy groups -OCH3 is 1. The van der Waals surface area contributed by atoms with E-state index in [1.54, 1.807) is 12.0 Å². The molecule has 9 heteroatoms. The third-order valence-corrected chi connectivity index (χ3v) is 7.34. The van der Waals surface area contributed by atoms with E-state index in [4.69, 9.17) is 4.74 Å². The van der Waals surface area contributed by atoms with Gasteiger partial charge >= 0.3 is 0 Å². The second-order valence-corrected chi connectivity index (χ2v) is 12.7. The summed E-state index contributed by atoms with van der Waals surface area (Å²) in [5, 5.41) is 3.00. The fourth-order valence-corrected chi connectivity index (χ4v) is 5.33. The second-order valence-electron chi connectivity index (χ2n) is 10.8. The molecule has 0 unspecified atom stereocenters. The molecule has 0 fully saturated rings. The smallest absolute Gasteiger partial charge is 0.243 e. The zero-order chi connectivity index (χ0) is 28.7. The first-order valence-electron chi connectivity index (χ1n) is 13.0. The van der Waals surface area contributed by atoms with Crippen LogP contribution in [0.25, 0.3) is 0 Å². The van der Waals surface area contributed by atoms with Gasteiger partial charge in [-0.3, -0.25) is 13.9 Å². The minimum Gasteiger partial charge on any atom is -0.497 e. The van der Waals surface area contributed by atoms with Gasteiger partial charge in [-0.1, -0.05) is 31.2 Å². The highest BCUT2D eigenvalue weighted by Crippen LogP contribution is 2.25. The Labute approximate surface area is 228 Å². The molecular formula is C29H43N3O5S. The van der Waals surface area contributed by atoms with Crippen LogP contribution in [0.5, 0.6) is 5.75 Å². The number of hydrogen-bond donors (Lipinski definition) is 1. The maximum Gasteiger partial charge on any atom is 0.243 e. The van der Waals surface area contributed by atoms with E-state index in [0.29, 0.717) is 24.3 Å². The van der Waals surface area contributed by atoms with Crippen LogP contribution in [-0.4, -0.2) is 56.6 Å². The average molecular weight is 546 g/mol. The number of nitrogens with zero attached hydrogens (tertiary/aromatic N) is 2. The Hall–Kier alpha value is -3.07. The lowest BCUT2D eigenvalue weighted by atomic mass is 10.0. The molecule has 0 radical (unpaired) electrons. The highest BCUT2D eigenvalue weighted by molar-refractivity contribution is 7.92. The molecule has 0 aliphatic heterocycles. The van der Waals surface area contributed by atoms with E-state index < -0.39 is 21.6 Å². The van der Waals surface area contributed by atoms with Gasteiger partial charge in [0.25, 0.3) is 0 Å². The van der Waals surface area contributed by atoms with Crippen LogP contribution in [0.2, 0.25) is 0 Å². The van der Waals surface area contributed by atoms with Crippen LogP contribution in [0.4, 0.5) is 5.69 Å². The maximum absolute atomic E-state index is 13.6. The largest absolute Gasteiger partial charge is 0.497 e. The van der Waals surface area contributed by atoms with Crippen molar-refractivity contribution < 1.29 is 22.7 Å². The van der Waals surface area contributed by atoms with Crippen molar-refractivity contribution in [2.24, 2.45) is 0 Å². The molecule has 210 valence electrons. The van der Waals surface area contributed by atoms with Gasteiger partial charge in [-0.25, -0.2) is 8.42 Å². The van der Waals surface area contributed by atoms with Crippen LogP contribution in [-0.2, 0) is 26.2 Å². The predicted molar refractivity (Wildman–Crippen MR) is 153 cm³/mol. The van der Waals surface area contributed by atoms with Crippen molar-refractivity contribution in [2.45, 2.75) is 78.9 Å². The number of sulfonamides is 1. The first-order chi connectivity index (χ1) is 17.7. The summed E-state index contributed by atoms with van der Waals surface area (Å²) in [6.45, 7) is 11.8. The van der Waals surface area contributed by atoms with Crippen LogP contribution in [0.15, 0.2) is 42.5 Å². The lowest BCUT2D eigenvalue weighted by molar-refractivity contribution is -0.142. The van der Waals surface area contributed by atoms with Gasteiger partial charge in [-0.2, -0.15) is 0 Å². The van der Waals surface area contributed by atoms with E-state index >= 15 is 0 Å². The number of aryl methyl sites for hydroxylation is 2. The summed E-state index contributed by atoms with van der Waals surface area (Å²) in [4.78, 5) is 28.4. The monoisotopic (exact) mass is 545 g/mol. The van der Waals surface area contributed by atoms with Gasteiger partial charge in [0.05, 0.1) is 19.1 Å². The highest BCUT2D eigenvalue weighted by Gasteiger charge is 2.31. The van der Waals surface area contributed by atoms with Gasteiger partial charge in [0.15, 0.2) is 0 Å². The van der Waals surface area contributed by atoms with Crippen LogP contribution in [0, 0.1) is 13.8 Å². The number of nitrogens with one attached hydrogen (secondary N) is 1. The zero-order valence-electron chi connectivity index (χ0n) is 24.0. The Balaban J connectivity index is 2.29. The Morgan fingerprint density at radius 2 is 1.76 bits per heavy atom. The number of carbonyl (C=O) groups excluding carboxylic acids is 2. The normalized spacial score (nSPS) is 12.5. The molecule has 0 saturated carbocycles. The van der Waals surface area contributed by atoms with Crippen molar-refractivity contribution in [3.8, 4) is 5.75 Å². The number of rotatable bonds is 12. The SMILES string of the molecule is CC[C@H](C(=O)NC(C)(C)C)N(Cc1cccc(OC)c1)C(=O)CCCN(c1cc(C)ccc1C)S(C)(=O)=O. The summed E-state index contributed by atoms with van der Waals surface area (Å²) in [5.41, 5.74) is 2.81. The molecule has 38 heavy (non-hydrogen) atoms. The van der Waals surface area contributed by atoms with Gasteiger partial charge in [0.2, 0.25) is 21.8 Å². The number of carbonyl (C=O) groups is 2. The van der Waals surface area contributed by atoms with Gasteiger partial charge < -0.3 is 15.0 Å². The molecule has 1 N–H and O–H groups in total. The fourth-order valence-electron chi connectivity index (χ4n) is 4.31. The predicted octanol–water partition coefficient (Wildman–Crippen LogP) is 4.58. The molecule has 2 amide bonds. The Morgan fingerprint density at radius 3 is 2.34 bits per heavy atom. The van der Waals surface area contributed by atoms with E-state index in [2.05, 4.69) is 5.32 Å². The van der Waals surface area contributed by atoms with Crippen LogP contribution in [0.1, 0.15) is 63.6 Å². The first-order valence-corrected chi connectivity index (χ1v) is 14.8. The molecule has 2 aromatic carbocycles. The van der Waals surface area contributed by atoms with Crippen LogP contribution in [0.3, 0.4) is 0 Å². The first kappa shape index (κ1) is 31.1. The van der Waals surface area contributed by atoms with Crippen molar-refractivity contribution in [3.63, 3.8) is 0 Å². The van der Waals surface area contributed by atoms with Crippen molar-refractivity contribution in [3.05, 3.63) is 59.2 Å². The summed E-state index contributed by atoms with van der Waals surface area (Å²) in [5.74, 6) is 0.238. The molecule has 2 rings (SSSR count). The second kappa shape index (κ2) is 13.1. The summed E-state index contributed by atoms with van der Waals surface area (Å²) in [6, 6.07) is 12.4. The van der Waals surface area contributed by atoms with Crippen LogP contribution >= 0.6 is 0 Å². The number of amides is 2. The molecule has 1 atom stereocenters. The molecule has 0 aromatic heterocycles. The summed E-state index contributed by atoms with van der Waals surface area (Å²) in [7, 11) is -1.98. The number of anilines is 1. The number of hydrogen-bond acceptors (Lipinski definition) is 5. The van der Waals surface area contributed by atoms with Crippen molar-refractivity contribution in [1.82, 2.24) is 10.2 Å². The number of benzene rings is 2. The summed E-state index contributed by atoms with van der Waals surface area (Å²) >= 11 is 0. The highest BCUT2D eigenvalue weighted by atomic mass is 32.2. The summed E-state index contributed by atoms with van der Waals surface area (Å²) in [6.07, 6.45) is 2.02. The molecule has 0 aliphatic rings. The average Bonchev–Trinajstić information content (AvgIpc) is 2.81. The Bertz CT molecular complexity index is 1220. The molecule has 0 heterocycles. The summed E-state index contributed by atoms with van der Waals surface area (Å²) < 4.78 is 32.0. The third-order valence-electron chi connectivity index (χ3n) is 6.16. The van der Waals surface area contributed by atoms with E-state index in [1.165, 1.54) is 10.6 Å². The van der Waals surface area contributed by atoms with E-state index in [-0.39, 0.29) is 31.3 Å². The molecule has 0 aliphatic carbocycles. The molecule has 0 bridgehead atoms. The fraction of sp³-hybridized carbons (Fsp3) is 0.517. The minimum absolute atomic E-state index is 0.0974. The van der Waals surface area contributed by atoms with Gasteiger partial charge in [0, 0.05) is 25.0 Å². The van der Waals surface area contributed by atoms with Crippen LogP contribution < -0.4 is 14.4 Å². The molecule has 8 nitrogen and oxygen atoms in total. The van der Waals surface area contributed by atoms with Gasteiger partial charge in [0.1, 0.15) is 11.8 Å². The topological polar surface area (TPSA) is 96.0 Å². The molecule has 0 spiro atoms. The molecule has 0 saturated heterocycles. The van der Waals surface area contributed by atoms with E-state index in [1.807, 2.05) is 84.0 Å². The zero-order valence-corrected chi connectivity index (χ0v) is 24.8. The van der Waals surface area contributed by atoms with E-state index in [9.17, 15) is 18.0 Å². The Morgan fingerprint density at radius 1 is 1.08 bits per heavy atom. The Kier molecular flexibility index (Phi) is 10.8. The lowest BCUT2D eigenvalue weighted by Crippen LogP contribution is -2.53. The van der Waals surface area contributed by atoms with Crippen molar-refractivity contribution in [2.75, 3.05) is 24.2 Å². The maximum atomic E-state index is 13.6. The van der Waals surface area contributed by atoms with E-state index in [0.717, 1.165) is 16.7 Å². The van der Waals surface area contributed by atoms with Crippen molar-refractivity contribution >= 4 is 27.5 Å². The molecule has 2 aromatic rings. The third kappa shape index (κ3) is 9.04. The van der Waals surface area contributed by atoms with Crippen molar-refractivity contribution in [1.29, 1.82) is 0 Å².